The predicted molar refractivity (Wildman–Crippen MR) is 117 cm³/mol. The van der Waals surface area contributed by atoms with Crippen LogP contribution >= 0.6 is 23.4 Å². The summed E-state index contributed by atoms with van der Waals surface area (Å²) in [4.78, 5) is 12.1. The standard InChI is InChI=1S/C22H24ClN3S/c1-26-13-4-7-21(26)24-12-14-27-22-18-5-2-3-6-19(18)25-20(22)15-16-8-10-17(23)11-9-16/h2-3,5-6,8-11,25H,4,7,12-15H2,1H3/b24-21+. The van der Waals surface area contributed by atoms with Crippen LogP contribution in [0.25, 0.3) is 10.9 Å². The monoisotopic (exact) mass is 397 g/mol. The van der Waals surface area contributed by atoms with Gasteiger partial charge in [0.25, 0.3) is 0 Å². The van der Waals surface area contributed by atoms with Crippen LogP contribution in [0, 0.1) is 0 Å². The first-order chi connectivity index (χ1) is 13.2. The molecule has 1 aliphatic rings. The number of nitrogens with zero attached hydrogens (tertiary/aromatic N) is 2. The number of amidine groups is 1. The van der Waals surface area contributed by atoms with Gasteiger partial charge in [-0.25, -0.2) is 0 Å². The first kappa shape index (κ1) is 18.5. The minimum Gasteiger partial charge on any atom is -0.363 e. The maximum absolute atomic E-state index is 6.03. The third-order valence-corrected chi connectivity index (χ3v) is 6.39. The zero-order chi connectivity index (χ0) is 18.6. The fourth-order valence-electron chi connectivity index (χ4n) is 3.58. The van der Waals surface area contributed by atoms with Gasteiger partial charge >= 0.3 is 0 Å². The summed E-state index contributed by atoms with van der Waals surface area (Å²) in [5.74, 6) is 2.25. The molecule has 1 aliphatic heterocycles. The summed E-state index contributed by atoms with van der Waals surface area (Å²) in [6, 6.07) is 16.7. The van der Waals surface area contributed by atoms with E-state index in [0.29, 0.717) is 0 Å². The van der Waals surface area contributed by atoms with Crippen LogP contribution in [-0.2, 0) is 6.42 Å². The molecule has 0 amide bonds. The predicted octanol–water partition coefficient (Wildman–Crippen LogP) is 5.63. The average Bonchev–Trinajstić information content (AvgIpc) is 3.24. The Morgan fingerprint density at radius 1 is 1.15 bits per heavy atom. The Labute approximate surface area is 169 Å². The molecule has 1 aromatic heterocycles. The number of benzene rings is 2. The smallest absolute Gasteiger partial charge is 0.0987 e. The van der Waals surface area contributed by atoms with Gasteiger partial charge in [0, 0.05) is 58.7 Å². The molecule has 0 unspecified atom stereocenters. The number of nitrogens with one attached hydrogen (secondary N) is 1. The van der Waals surface area contributed by atoms with Gasteiger partial charge in [-0.05, 0) is 30.2 Å². The largest absolute Gasteiger partial charge is 0.363 e. The van der Waals surface area contributed by atoms with Crippen molar-refractivity contribution < 1.29 is 0 Å². The normalized spacial score (nSPS) is 15.9. The minimum absolute atomic E-state index is 0.779. The molecule has 1 N–H and O–H groups in total. The summed E-state index contributed by atoms with van der Waals surface area (Å²) in [5, 5.41) is 2.08. The topological polar surface area (TPSA) is 31.4 Å². The van der Waals surface area contributed by atoms with Gasteiger partial charge in [-0.2, -0.15) is 0 Å². The molecule has 140 valence electrons. The van der Waals surface area contributed by atoms with Gasteiger partial charge in [-0.3, -0.25) is 4.99 Å². The van der Waals surface area contributed by atoms with Crippen molar-refractivity contribution in [2.75, 3.05) is 25.9 Å². The van der Waals surface area contributed by atoms with E-state index in [1.807, 2.05) is 23.9 Å². The Bertz CT molecular complexity index is 946. The van der Waals surface area contributed by atoms with Crippen molar-refractivity contribution in [3.8, 4) is 0 Å². The lowest BCUT2D eigenvalue weighted by Crippen LogP contribution is -2.19. The lowest BCUT2D eigenvalue weighted by molar-refractivity contribution is 0.548. The Hall–Kier alpha value is -1.91. The number of para-hydroxylation sites is 1. The number of aromatic amines is 1. The number of aromatic nitrogens is 1. The minimum atomic E-state index is 0.779. The lowest BCUT2D eigenvalue weighted by atomic mass is 10.1. The summed E-state index contributed by atoms with van der Waals surface area (Å²) in [6.07, 6.45) is 3.23. The van der Waals surface area contributed by atoms with Crippen LogP contribution in [-0.4, -0.2) is 41.6 Å². The molecule has 3 aromatic rings. The fraction of sp³-hybridized carbons (Fsp3) is 0.318. The van der Waals surface area contributed by atoms with Crippen molar-refractivity contribution in [1.82, 2.24) is 9.88 Å². The fourth-order valence-corrected chi connectivity index (χ4v) is 4.73. The van der Waals surface area contributed by atoms with E-state index in [9.17, 15) is 0 Å². The van der Waals surface area contributed by atoms with E-state index in [1.165, 1.54) is 39.3 Å². The molecule has 0 spiro atoms. The number of likely N-dealkylation sites (tertiary alicyclic amines) is 1. The molecule has 0 radical (unpaired) electrons. The van der Waals surface area contributed by atoms with Crippen molar-refractivity contribution in [2.45, 2.75) is 24.2 Å². The highest BCUT2D eigenvalue weighted by atomic mass is 35.5. The zero-order valence-corrected chi connectivity index (χ0v) is 17.1. The van der Waals surface area contributed by atoms with E-state index in [0.717, 1.165) is 36.7 Å². The van der Waals surface area contributed by atoms with E-state index in [1.54, 1.807) is 0 Å². The van der Waals surface area contributed by atoms with E-state index in [4.69, 9.17) is 16.6 Å². The van der Waals surface area contributed by atoms with Gasteiger partial charge in [0.1, 0.15) is 0 Å². The summed E-state index contributed by atoms with van der Waals surface area (Å²) < 4.78 is 0. The second kappa shape index (κ2) is 8.41. The number of thioether (sulfide) groups is 1. The van der Waals surface area contributed by atoms with Crippen LogP contribution in [0.1, 0.15) is 24.1 Å². The Morgan fingerprint density at radius 3 is 2.74 bits per heavy atom. The molecule has 27 heavy (non-hydrogen) atoms. The Morgan fingerprint density at radius 2 is 1.96 bits per heavy atom. The van der Waals surface area contributed by atoms with E-state index >= 15 is 0 Å². The van der Waals surface area contributed by atoms with Crippen molar-refractivity contribution in [2.24, 2.45) is 4.99 Å². The lowest BCUT2D eigenvalue weighted by Gasteiger charge is -2.11. The third-order valence-electron chi connectivity index (χ3n) is 4.99. The first-order valence-corrected chi connectivity index (χ1v) is 10.8. The summed E-state index contributed by atoms with van der Waals surface area (Å²) >= 11 is 7.94. The van der Waals surface area contributed by atoms with E-state index in [-0.39, 0.29) is 0 Å². The van der Waals surface area contributed by atoms with Crippen LogP contribution in [0.4, 0.5) is 0 Å². The molecular weight excluding hydrogens is 374 g/mol. The molecule has 4 rings (SSSR count). The van der Waals surface area contributed by atoms with Gasteiger partial charge in [0.15, 0.2) is 0 Å². The van der Waals surface area contributed by atoms with Crippen LogP contribution in [0.15, 0.2) is 58.4 Å². The van der Waals surface area contributed by atoms with Crippen LogP contribution in [0.5, 0.6) is 0 Å². The van der Waals surface area contributed by atoms with Gasteiger partial charge in [0.05, 0.1) is 12.4 Å². The molecule has 0 bridgehead atoms. The first-order valence-electron chi connectivity index (χ1n) is 9.42. The van der Waals surface area contributed by atoms with E-state index < -0.39 is 0 Å². The SMILES string of the molecule is CN1CCC/C1=N\CCSc1c(Cc2ccc(Cl)cc2)[nH]c2ccccc12. The highest BCUT2D eigenvalue weighted by Crippen LogP contribution is 2.33. The summed E-state index contributed by atoms with van der Waals surface area (Å²) in [7, 11) is 2.14. The quantitative estimate of drug-likeness (QED) is 0.431. The van der Waals surface area contributed by atoms with Crippen molar-refractivity contribution in [3.05, 3.63) is 64.8 Å². The summed E-state index contributed by atoms with van der Waals surface area (Å²) in [5.41, 5.74) is 3.74. The van der Waals surface area contributed by atoms with Crippen LogP contribution < -0.4 is 0 Å². The van der Waals surface area contributed by atoms with Gasteiger partial charge in [0.2, 0.25) is 0 Å². The second-order valence-electron chi connectivity index (χ2n) is 6.95. The maximum Gasteiger partial charge on any atom is 0.0987 e. The second-order valence-corrected chi connectivity index (χ2v) is 8.49. The highest BCUT2D eigenvalue weighted by molar-refractivity contribution is 7.99. The molecule has 3 nitrogen and oxygen atoms in total. The maximum atomic E-state index is 6.03. The molecular formula is C22H24ClN3S. The van der Waals surface area contributed by atoms with Crippen LogP contribution in [0.2, 0.25) is 5.02 Å². The Balaban J connectivity index is 1.52. The zero-order valence-electron chi connectivity index (χ0n) is 15.5. The molecule has 1 fully saturated rings. The number of H-pyrrole nitrogens is 1. The number of rotatable bonds is 6. The molecule has 0 saturated carbocycles. The number of fused-ring (bicyclic) bond motifs is 1. The van der Waals surface area contributed by atoms with Gasteiger partial charge < -0.3 is 9.88 Å². The molecule has 0 atom stereocenters. The molecule has 2 heterocycles. The van der Waals surface area contributed by atoms with Crippen LogP contribution in [0.3, 0.4) is 0 Å². The van der Waals surface area contributed by atoms with Gasteiger partial charge in [-0.1, -0.05) is 41.9 Å². The highest BCUT2D eigenvalue weighted by Gasteiger charge is 2.14. The molecule has 2 aromatic carbocycles. The van der Waals surface area contributed by atoms with Gasteiger partial charge in [-0.15, -0.1) is 11.8 Å². The molecule has 0 aliphatic carbocycles. The number of hydrogen-bond donors (Lipinski definition) is 1. The Kier molecular flexibility index (Phi) is 5.74. The summed E-state index contributed by atoms with van der Waals surface area (Å²) in [6.45, 7) is 2.00. The number of aliphatic imine (C=N–C) groups is 1. The van der Waals surface area contributed by atoms with Crippen molar-refractivity contribution >= 4 is 40.1 Å². The average molecular weight is 398 g/mol. The molecule has 1 saturated heterocycles. The number of hydrogen-bond acceptors (Lipinski definition) is 2. The van der Waals surface area contributed by atoms with Crippen molar-refractivity contribution in [3.63, 3.8) is 0 Å². The van der Waals surface area contributed by atoms with E-state index in [2.05, 4.69) is 53.3 Å². The third kappa shape index (κ3) is 4.33. The molecule has 5 heteroatoms. The van der Waals surface area contributed by atoms with Crippen molar-refractivity contribution in [1.29, 1.82) is 0 Å². The number of halogens is 1.